The van der Waals surface area contributed by atoms with Crippen molar-refractivity contribution in [2.45, 2.75) is 11.2 Å². The highest BCUT2D eigenvalue weighted by atomic mass is 32.2. The summed E-state index contributed by atoms with van der Waals surface area (Å²) in [6.07, 6.45) is 3.00. The van der Waals surface area contributed by atoms with E-state index in [1.54, 1.807) is 6.20 Å². The van der Waals surface area contributed by atoms with E-state index in [9.17, 15) is 8.42 Å². The molecular formula is C6H8N2O3S. The Morgan fingerprint density at radius 1 is 1.75 bits per heavy atom. The van der Waals surface area contributed by atoms with E-state index < -0.39 is 9.84 Å². The van der Waals surface area contributed by atoms with Crippen molar-refractivity contribution in [3.8, 4) is 0 Å². The van der Waals surface area contributed by atoms with Gasteiger partial charge in [-0.05, 0) is 0 Å². The SMILES string of the molecule is O=S1(=O)CC(CO)n2ccnc21. The number of aromatic nitrogens is 2. The van der Waals surface area contributed by atoms with Crippen molar-refractivity contribution in [2.24, 2.45) is 0 Å². The minimum atomic E-state index is -3.23. The Bertz CT molecular complexity index is 395. The zero-order chi connectivity index (χ0) is 8.77. The lowest BCUT2D eigenvalue weighted by molar-refractivity contribution is 0.239. The van der Waals surface area contributed by atoms with Crippen LogP contribution in [0.3, 0.4) is 0 Å². The van der Waals surface area contributed by atoms with E-state index in [1.165, 1.54) is 10.8 Å². The monoisotopic (exact) mass is 188 g/mol. The zero-order valence-corrected chi connectivity index (χ0v) is 7.03. The van der Waals surface area contributed by atoms with Crippen LogP contribution >= 0.6 is 0 Å². The van der Waals surface area contributed by atoms with Gasteiger partial charge in [-0.25, -0.2) is 13.4 Å². The van der Waals surface area contributed by atoms with E-state index in [-0.39, 0.29) is 23.6 Å². The Morgan fingerprint density at radius 3 is 3.17 bits per heavy atom. The molecule has 1 aromatic heterocycles. The van der Waals surface area contributed by atoms with E-state index in [1.807, 2.05) is 0 Å². The predicted molar refractivity (Wildman–Crippen MR) is 40.4 cm³/mol. The smallest absolute Gasteiger partial charge is 0.228 e. The van der Waals surface area contributed by atoms with Crippen LogP contribution < -0.4 is 0 Å². The first-order chi connectivity index (χ1) is 5.65. The molecule has 2 rings (SSSR count). The number of aliphatic hydroxyl groups is 1. The van der Waals surface area contributed by atoms with Crippen molar-refractivity contribution < 1.29 is 13.5 Å². The Labute approximate surface area is 69.6 Å². The number of sulfone groups is 1. The summed E-state index contributed by atoms with van der Waals surface area (Å²) in [4.78, 5) is 3.71. The average molecular weight is 188 g/mol. The number of hydrogen-bond donors (Lipinski definition) is 1. The second kappa shape index (κ2) is 2.30. The van der Waals surface area contributed by atoms with Gasteiger partial charge in [-0.2, -0.15) is 0 Å². The highest BCUT2D eigenvalue weighted by molar-refractivity contribution is 7.91. The van der Waals surface area contributed by atoms with Crippen molar-refractivity contribution in [3.63, 3.8) is 0 Å². The van der Waals surface area contributed by atoms with E-state index in [0.29, 0.717) is 0 Å². The number of hydrogen-bond acceptors (Lipinski definition) is 4. The second-order valence-corrected chi connectivity index (χ2v) is 4.66. The fourth-order valence-corrected chi connectivity index (χ4v) is 3.04. The van der Waals surface area contributed by atoms with E-state index in [0.717, 1.165) is 0 Å². The lowest BCUT2D eigenvalue weighted by Gasteiger charge is -2.04. The molecule has 0 saturated heterocycles. The van der Waals surface area contributed by atoms with Crippen LogP contribution in [0.2, 0.25) is 0 Å². The van der Waals surface area contributed by atoms with Gasteiger partial charge in [-0.1, -0.05) is 0 Å². The molecule has 5 nitrogen and oxygen atoms in total. The average Bonchev–Trinajstić information content (AvgIpc) is 2.54. The van der Waals surface area contributed by atoms with Crippen molar-refractivity contribution in [1.82, 2.24) is 9.55 Å². The zero-order valence-electron chi connectivity index (χ0n) is 6.21. The van der Waals surface area contributed by atoms with Crippen LogP contribution in [0.1, 0.15) is 6.04 Å². The molecule has 0 aromatic carbocycles. The summed E-state index contributed by atoms with van der Waals surface area (Å²) < 4.78 is 24.1. The second-order valence-electron chi connectivity index (χ2n) is 2.73. The number of rotatable bonds is 1. The predicted octanol–water partition coefficient (Wildman–Crippen LogP) is -0.796. The van der Waals surface area contributed by atoms with Crippen molar-refractivity contribution in [1.29, 1.82) is 0 Å². The van der Waals surface area contributed by atoms with Crippen LogP contribution in [-0.2, 0) is 9.84 Å². The molecule has 12 heavy (non-hydrogen) atoms. The van der Waals surface area contributed by atoms with E-state index in [4.69, 9.17) is 5.11 Å². The summed E-state index contributed by atoms with van der Waals surface area (Å²) in [5.41, 5.74) is 0. The third-order valence-electron chi connectivity index (χ3n) is 1.93. The first kappa shape index (κ1) is 7.75. The van der Waals surface area contributed by atoms with Gasteiger partial charge in [-0.3, -0.25) is 0 Å². The number of nitrogens with zero attached hydrogens (tertiary/aromatic N) is 2. The molecule has 0 amide bonds. The van der Waals surface area contributed by atoms with Crippen LogP contribution in [0.4, 0.5) is 0 Å². The molecule has 66 valence electrons. The molecular weight excluding hydrogens is 180 g/mol. The number of imidazole rings is 1. The molecule has 0 bridgehead atoms. The summed E-state index contributed by atoms with van der Waals surface area (Å²) in [5.74, 6) is -0.0350. The fourth-order valence-electron chi connectivity index (χ4n) is 1.37. The van der Waals surface area contributed by atoms with E-state index in [2.05, 4.69) is 4.98 Å². The van der Waals surface area contributed by atoms with Crippen LogP contribution in [0.15, 0.2) is 17.6 Å². The van der Waals surface area contributed by atoms with Gasteiger partial charge in [0.05, 0.1) is 18.4 Å². The third kappa shape index (κ3) is 0.881. The standard InChI is InChI=1S/C6H8N2O3S/c9-3-5-4-12(10,11)6-7-1-2-8(5)6/h1-2,5,9H,3-4H2. The molecule has 1 aliphatic rings. The lowest BCUT2D eigenvalue weighted by Crippen LogP contribution is -2.11. The van der Waals surface area contributed by atoms with Crippen LogP contribution in [0.25, 0.3) is 0 Å². The molecule has 0 saturated carbocycles. The molecule has 0 radical (unpaired) electrons. The molecule has 0 fully saturated rings. The fraction of sp³-hybridized carbons (Fsp3) is 0.500. The highest BCUT2D eigenvalue weighted by Gasteiger charge is 2.34. The maximum absolute atomic E-state index is 11.3. The Balaban J connectivity index is 2.60. The third-order valence-corrected chi connectivity index (χ3v) is 3.62. The minimum Gasteiger partial charge on any atom is -0.394 e. The van der Waals surface area contributed by atoms with Crippen LogP contribution in [0.5, 0.6) is 0 Å². The van der Waals surface area contributed by atoms with Gasteiger partial charge >= 0.3 is 0 Å². The summed E-state index contributed by atoms with van der Waals surface area (Å²) in [6, 6.07) is -0.354. The molecule has 1 aromatic rings. The van der Waals surface area contributed by atoms with Gasteiger partial charge in [0.1, 0.15) is 0 Å². The van der Waals surface area contributed by atoms with Crippen molar-refractivity contribution in [2.75, 3.05) is 12.4 Å². The summed E-state index contributed by atoms with van der Waals surface area (Å²) >= 11 is 0. The van der Waals surface area contributed by atoms with Crippen molar-refractivity contribution in [3.05, 3.63) is 12.4 Å². The first-order valence-electron chi connectivity index (χ1n) is 3.51. The molecule has 0 spiro atoms. The lowest BCUT2D eigenvalue weighted by atomic mass is 10.4. The Kier molecular flexibility index (Phi) is 1.49. The molecule has 1 aliphatic heterocycles. The summed E-state index contributed by atoms with van der Waals surface area (Å²) in [7, 11) is -3.23. The summed E-state index contributed by atoms with van der Waals surface area (Å²) in [6.45, 7) is -0.164. The number of aliphatic hydroxyl groups excluding tert-OH is 1. The maximum Gasteiger partial charge on any atom is 0.228 e. The van der Waals surface area contributed by atoms with E-state index >= 15 is 0 Å². The Morgan fingerprint density at radius 2 is 2.50 bits per heavy atom. The quantitative estimate of drug-likeness (QED) is 0.626. The molecule has 6 heteroatoms. The van der Waals surface area contributed by atoms with Gasteiger partial charge in [0, 0.05) is 12.4 Å². The molecule has 1 atom stereocenters. The number of fused-ring (bicyclic) bond motifs is 1. The van der Waals surface area contributed by atoms with Crippen LogP contribution in [-0.4, -0.2) is 35.4 Å². The Hall–Kier alpha value is -0.880. The normalized spacial score (nSPS) is 25.6. The summed E-state index contributed by atoms with van der Waals surface area (Å²) in [5, 5.41) is 8.92. The largest absolute Gasteiger partial charge is 0.394 e. The van der Waals surface area contributed by atoms with Gasteiger partial charge < -0.3 is 9.67 Å². The van der Waals surface area contributed by atoms with Gasteiger partial charge in [0.25, 0.3) is 0 Å². The molecule has 1 N–H and O–H groups in total. The highest BCUT2D eigenvalue weighted by Crippen LogP contribution is 2.25. The van der Waals surface area contributed by atoms with Gasteiger partial charge in [-0.15, -0.1) is 0 Å². The van der Waals surface area contributed by atoms with Gasteiger partial charge in [0.15, 0.2) is 0 Å². The molecule has 1 unspecified atom stereocenters. The molecule has 0 aliphatic carbocycles. The first-order valence-corrected chi connectivity index (χ1v) is 5.17. The molecule has 2 heterocycles. The van der Waals surface area contributed by atoms with Gasteiger partial charge in [0.2, 0.25) is 15.0 Å². The topological polar surface area (TPSA) is 72.2 Å². The van der Waals surface area contributed by atoms with Crippen molar-refractivity contribution >= 4 is 9.84 Å². The van der Waals surface area contributed by atoms with Crippen LogP contribution in [0, 0.1) is 0 Å². The minimum absolute atomic E-state index is 0.0350. The maximum atomic E-state index is 11.3.